The Kier molecular flexibility index (Phi) is 4.04. The molecule has 0 amide bonds. The molecule has 0 bridgehead atoms. The molecular weight excluding hydrogens is 314 g/mol. The maximum Gasteiger partial charge on any atom is 0.124 e. The number of nitrogens with zero attached hydrogens (tertiary/aromatic N) is 2. The van der Waals surface area contributed by atoms with Crippen LogP contribution in [-0.2, 0) is 0 Å². The lowest BCUT2D eigenvalue weighted by Crippen LogP contribution is -2.00. The van der Waals surface area contributed by atoms with Crippen molar-refractivity contribution in [1.29, 1.82) is 0 Å². The SMILES string of the molecule is C/C(=N\Nc1ccnc2cc(Cl)ccc12)c1cc(O)ccc1O. The van der Waals surface area contributed by atoms with E-state index in [0.717, 1.165) is 16.6 Å². The number of anilines is 1. The number of hydrazone groups is 1. The third-order valence-electron chi connectivity index (χ3n) is 3.42. The number of hydrogen-bond donors (Lipinski definition) is 3. The second-order valence-corrected chi connectivity index (χ2v) is 5.47. The molecule has 0 saturated heterocycles. The Bertz CT molecular complexity index is 909. The van der Waals surface area contributed by atoms with Gasteiger partial charge < -0.3 is 10.2 Å². The Morgan fingerprint density at radius 2 is 1.96 bits per heavy atom. The Morgan fingerprint density at radius 3 is 2.78 bits per heavy atom. The van der Waals surface area contributed by atoms with Gasteiger partial charge >= 0.3 is 0 Å². The molecule has 1 heterocycles. The molecule has 2 aromatic carbocycles. The summed E-state index contributed by atoms with van der Waals surface area (Å²) >= 11 is 5.97. The molecule has 0 unspecified atom stereocenters. The van der Waals surface area contributed by atoms with E-state index in [1.165, 1.54) is 18.2 Å². The van der Waals surface area contributed by atoms with Crippen molar-refractivity contribution in [2.75, 3.05) is 5.43 Å². The molecule has 3 N–H and O–H groups in total. The van der Waals surface area contributed by atoms with E-state index in [4.69, 9.17) is 11.6 Å². The molecule has 1 aromatic heterocycles. The number of pyridine rings is 1. The fourth-order valence-corrected chi connectivity index (χ4v) is 2.40. The first-order chi connectivity index (χ1) is 11.0. The number of nitrogens with one attached hydrogen (secondary N) is 1. The molecule has 23 heavy (non-hydrogen) atoms. The van der Waals surface area contributed by atoms with Crippen molar-refractivity contribution in [2.45, 2.75) is 6.92 Å². The highest BCUT2D eigenvalue weighted by molar-refractivity contribution is 6.31. The van der Waals surface area contributed by atoms with Gasteiger partial charge in [0.1, 0.15) is 11.5 Å². The van der Waals surface area contributed by atoms with Crippen LogP contribution in [0.25, 0.3) is 10.9 Å². The van der Waals surface area contributed by atoms with E-state index >= 15 is 0 Å². The van der Waals surface area contributed by atoms with Gasteiger partial charge in [0.25, 0.3) is 0 Å². The normalized spacial score (nSPS) is 11.7. The van der Waals surface area contributed by atoms with Crippen LogP contribution < -0.4 is 5.43 Å². The number of fused-ring (bicyclic) bond motifs is 1. The van der Waals surface area contributed by atoms with Crippen LogP contribution in [0.4, 0.5) is 5.69 Å². The van der Waals surface area contributed by atoms with Gasteiger partial charge in [-0.15, -0.1) is 0 Å². The number of aromatic hydroxyl groups is 2. The molecule has 0 atom stereocenters. The number of halogens is 1. The molecule has 3 rings (SSSR count). The minimum Gasteiger partial charge on any atom is -0.508 e. The number of phenolic OH excluding ortho intramolecular Hbond substituents is 2. The van der Waals surface area contributed by atoms with E-state index in [1.807, 2.05) is 6.07 Å². The van der Waals surface area contributed by atoms with Gasteiger partial charge in [0, 0.05) is 22.2 Å². The molecular formula is C17H14ClN3O2. The van der Waals surface area contributed by atoms with Crippen molar-refractivity contribution < 1.29 is 10.2 Å². The van der Waals surface area contributed by atoms with E-state index in [9.17, 15) is 10.2 Å². The number of aromatic nitrogens is 1. The second kappa shape index (κ2) is 6.14. The predicted molar refractivity (Wildman–Crippen MR) is 92.4 cm³/mol. The molecule has 0 aliphatic carbocycles. The Balaban J connectivity index is 1.95. The fraction of sp³-hybridized carbons (Fsp3) is 0.0588. The van der Waals surface area contributed by atoms with Crippen LogP contribution in [-0.4, -0.2) is 20.9 Å². The summed E-state index contributed by atoms with van der Waals surface area (Å²) in [6.07, 6.45) is 1.66. The summed E-state index contributed by atoms with van der Waals surface area (Å²) in [5.41, 5.74) is 5.49. The van der Waals surface area contributed by atoms with Gasteiger partial charge in [-0.2, -0.15) is 5.10 Å². The lowest BCUT2D eigenvalue weighted by molar-refractivity contribution is 0.459. The second-order valence-electron chi connectivity index (χ2n) is 5.03. The van der Waals surface area contributed by atoms with Gasteiger partial charge in [-0.25, -0.2) is 0 Å². The van der Waals surface area contributed by atoms with Crippen LogP contribution in [0.2, 0.25) is 5.02 Å². The molecule has 0 aliphatic heterocycles. The number of benzene rings is 2. The summed E-state index contributed by atoms with van der Waals surface area (Å²) in [7, 11) is 0. The highest BCUT2D eigenvalue weighted by Gasteiger charge is 2.07. The van der Waals surface area contributed by atoms with Crippen LogP contribution in [0, 0.1) is 0 Å². The highest BCUT2D eigenvalue weighted by atomic mass is 35.5. The van der Waals surface area contributed by atoms with E-state index < -0.39 is 0 Å². The molecule has 0 aliphatic rings. The predicted octanol–water partition coefficient (Wildman–Crippen LogP) is 4.14. The summed E-state index contributed by atoms with van der Waals surface area (Å²) in [4.78, 5) is 4.27. The standard InChI is InChI=1S/C17H14ClN3O2/c1-10(14-9-12(22)3-5-17(14)23)20-21-15-6-7-19-16-8-11(18)2-4-13(15)16/h2-9,22-23H,1H3,(H,19,21)/b20-10+. The Morgan fingerprint density at radius 1 is 1.13 bits per heavy atom. The van der Waals surface area contributed by atoms with Crippen LogP contribution >= 0.6 is 11.6 Å². The number of rotatable bonds is 3. The topological polar surface area (TPSA) is 77.7 Å². The first-order valence-electron chi connectivity index (χ1n) is 6.91. The lowest BCUT2D eigenvalue weighted by Gasteiger charge is -2.08. The van der Waals surface area contributed by atoms with Gasteiger partial charge in [-0.05, 0) is 49.4 Å². The zero-order valence-electron chi connectivity index (χ0n) is 12.3. The quantitative estimate of drug-likeness (QED) is 0.384. The molecule has 0 radical (unpaired) electrons. The van der Waals surface area contributed by atoms with E-state index in [0.29, 0.717) is 16.3 Å². The maximum atomic E-state index is 9.86. The summed E-state index contributed by atoms with van der Waals surface area (Å²) in [5.74, 6) is 0.119. The van der Waals surface area contributed by atoms with Crippen molar-refractivity contribution >= 4 is 33.9 Å². The summed E-state index contributed by atoms with van der Waals surface area (Å²) in [5, 5.41) is 25.2. The smallest absolute Gasteiger partial charge is 0.124 e. The first kappa shape index (κ1) is 15.1. The van der Waals surface area contributed by atoms with E-state index in [-0.39, 0.29) is 11.5 Å². The monoisotopic (exact) mass is 327 g/mol. The largest absolute Gasteiger partial charge is 0.508 e. The van der Waals surface area contributed by atoms with Crippen LogP contribution in [0.3, 0.4) is 0 Å². The maximum absolute atomic E-state index is 9.86. The van der Waals surface area contributed by atoms with E-state index in [1.54, 1.807) is 31.3 Å². The van der Waals surface area contributed by atoms with E-state index in [2.05, 4.69) is 15.5 Å². The van der Waals surface area contributed by atoms with Gasteiger partial charge in [-0.3, -0.25) is 10.4 Å². The number of hydrogen-bond acceptors (Lipinski definition) is 5. The number of phenols is 2. The van der Waals surface area contributed by atoms with Gasteiger partial charge in [0.15, 0.2) is 0 Å². The average Bonchev–Trinajstić information content (AvgIpc) is 2.54. The molecule has 116 valence electrons. The minimum atomic E-state index is 0.0530. The molecule has 3 aromatic rings. The molecule has 6 heteroatoms. The summed E-state index contributed by atoms with van der Waals surface area (Å²) in [6, 6.07) is 11.5. The Labute approximate surface area is 137 Å². The van der Waals surface area contributed by atoms with Crippen molar-refractivity contribution in [3.63, 3.8) is 0 Å². The third-order valence-corrected chi connectivity index (χ3v) is 3.65. The van der Waals surface area contributed by atoms with Crippen molar-refractivity contribution in [1.82, 2.24) is 4.98 Å². The zero-order valence-corrected chi connectivity index (χ0v) is 13.0. The van der Waals surface area contributed by atoms with Gasteiger partial charge in [-0.1, -0.05) is 11.6 Å². The van der Waals surface area contributed by atoms with Crippen LogP contribution in [0.5, 0.6) is 11.5 Å². The molecule has 0 fully saturated rings. The minimum absolute atomic E-state index is 0.0530. The molecule has 5 nitrogen and oxygen atoms in total. The molecule has 0 spiro atoms. The highest BCUT2D eigenvalue weighted by Crippen LogP contribution is 2.26. The summed E-state index contributed by atoms with van der Waals surface area (Å²) < 4.78 is 0. The van der Waals surface area contributed by atoms with Crippen molar-refractivity contribution in [3.05, 3.63) is 59.2 Å². The first-order valence-corrected chi connectivity index (χ1v) is 7.29. The van der Waals surface area contributed by atoms with Crippen LogP contribution in [0.1, 0.15) is 12.5 Å². The fourth-order valence-electron chi connectivity index (χ4n) is 2.24. The average molecular weight is 328 g/mol. The van der Waals surface area contributed by atoms with Crippen LogP contribution in [0.15, 0.2) is 53.8 Å². The van der Waals surface area contributed by atoms with Gasteiger partial charge in [0.05, 0.1) is 16.9 Å². The van der Waals surface area contributed by atoms with Crippen molar-refractivity contribution in [3.8, 4) is 11.5 Å². The van der Waals surface area contributed by atoms with Gasteiger partial charge in [0.2, 0.25) is 0 Å². The lowest BCUT2D eigenvalue weighted by atomic mass is 10.1. The Hall–Kier alpha value is -2.79. The van der Waals surface area contributed by atoms with Crippen molar-refractivity contribution in [2.24, 2.45) is 5.10 Å². The third kappa shape index (κ3) is 3.19. The zero-order chi connectivity index (χ0) is 16.4. The summed E-state index contributed by atoms with van der Waals surface area (Å²) in [6.45, 7) is 1.74. The molecule has 0 saturated carbocycles.